The quantitative estimate of drug-likeness (QED) is 0.636. The average Bonchev–Trinajstić information content (AvgIpc) is 3.18. The molecule has 30 heavy (non-hydrogen) atoms. The van der Waals surface area contributed by atoms with Crippen molar-refractivity contribution in [2.75, 3.05) is 13.2 Å². The molecule has 1 atom stereocenters. The molecule has 1 aliphatic heterocycles. The van der Waals surface area contributed by atoms with Gasteiger partial charge in [-0.05, 0) is 42.3 Å². The van der Waals surface area contributed by atoms with Crippen molar-refractivity contribution < 1.29 is 14.3 Å². The van der Waals surface area contributed by atoms with Gasteiger partial charge in [0, 0.05) is 11.2 Å². The highest BCUT2D eigenvalue weighted by atomic mass is 35.5. The maximum Gasteiger partial charge on any atom is 0.325 e. The van der Waals surface area contributed by atoms with Gasteiger partial charge < -0.3 is 19.5 Å². The molecule has 0 unspecified atom stereocenters. The molecule has 2 aromatic carbocycles. The standard InChI is InChI=1S/C23H22ClN3O3/c1-2-30-21(28)14-25-23(29)27-15-16-8-3-6-11-19(16)26-13-7-12-20(26)22(27)17-9-4-5-10-18(17)24/h3-13,22H,2,14-15H2,1H3,(H,25,29)/t22-/m1/s1. The zero-order chi connectivity index (χ0) is 21.1. The van der Waals surface area contributed by atoms with Crippen molar-refractivity contribution in [3.63, 3.8) is 0 Å². The predicted molar refractivity (Wildman–Crippen MR) is 115 cm³/mol. The zero-order valence-electron chi connectivity index (χ0n) is 16.5. The Morgan fingerprint density at radius 3 is 2.67 bits per heavy atom. The molecule has 1 aliphatic rings. The summed E-state index contributed by atoms with van der Waals surface area (Å²) in [7, 11) is 0. The van der Waals surface area contributed by atoms with Crippen LogP contribution in [0.15, 0.2) is 66.9 Å². The van der Waals surface area contributed by atoms with Gasteiger partial charge in [-0.2, -0.15) is 0 Å². The fourth-order valence-corrected chi connectivity index (χ4v) is 4.06. The van der Waals surface area contributed by atoms with Crippen LogP contribution in [0, 0.1) is 0 Å². The summed E-state index contributed by atoms with van der Waals surface area (Å²) in [4.78, 5) is 26.7. The van der Waals surface area contributed by atoms with Crippen LogP contribution in [0.25, 0.3) is 5.69 Å². The largest absolute Gasteiger partial charge is 0.465 e. The number of aromatic nitrogens is 1. The van der Waals surface area contributed by atoms with Gasteiger partial charge in [0.2, 0.25) is 0 Å². The lowest BCUT2D eigenvalue weighted by atomic mass is 10.0. The Hall–Kier alpha value is -3.25. The van der Waals surface area contributed by atoms with E-state index in [9.17, 15) is 9.59 Å². The molecule has 1 N–H and O–H groups in total. The van der Waals surface area contributed by atoms with E-state index in [0.29, 0.717) is 11.6 Å². The molecule has 0 spiro atoms. The Morgan fingerprint density at radius 1 is 1.10 bits per heavy atom. The SMILES string of the molecule is CCOC(=O)CNC(=O)N1Cc2ccccc2-n2cccc2[C@H]1c1ccccc1Cl. The van der Waals surface area contributed by atoms with Crippen LogP contribution in [0.5, 0.6) is 0 Å². The highest BCUT2D eigenvalue weighted by Gasteiger charge is 2.34. The molecular formula is C23H22ClN3O3. The first-order valence-corrected chi connectivity index (χ1v) is 10.2. The Bertz CT molecular complexity index is 1080. The van der Waals surface area contributed by atoms with Crippen molar-refractivity contribution in [2.45, 2.75) is 19.5 Å². The van der Waals surface area contributed by atoms with Gasteiger partial charge in [-0.3, -0.25) is 4.79 Å². The molecule has 2 amide bonds. The smallest absolute Gasteiger partial charge is 0.325 e. The average molecular weight is 424 g/mol. The second kappa shape index (κ2) is 8.63. The van der Waals surface area contributed by atoms with Crippen molar-refractivity contribution >= 4 is 23.6 Å². The third-order valence-corrected chi connectivity index (χ3v) is 5.46. The van der Waals surface area contributed by atoms with E-state index in [2.05, 4.69) is 9.88 Å². The molecule has 0 aliphatic carbocycles. The normalized spacial score (nSPS) is 15.0. The van der Waals surface area contributed by atoms with Gasteiger partial charge in [0.05, 0.1) is 24.5 Å². The van der Waals surface area contributed by atoms with Crippen LogP contribution in [-0.4, -0.2) is 34.6 Å². The molecule has 154 valence electrons. The first-order valence-electron chi connectivity index (χ1n) is 9.80. The van der Waals surface area contributed by atoms with E-state index in [1.165, 1.54) is 0 Å². The minimum Gasteiger partial charge on any atom is -0.465 e. The van der Waals surface area contributed by atoms with Gasteiger partial charge in [0.25, 0.3) is 0 Å². The van der Waals surface area contributed by atoms with Gasteiger partial charge in [-0.1, -0.05) is 48.0 Å². The zero-order valence-corrected chi connectivity index (χ0v) is 17.3. The van der Waals surface area contributed by atoms with E-state index in [1.807, 2.05) is 66.9 Å². The van der Waals surface area contributed by atoms with Crippen LogP contribution in [-0.2, 0) is 16.1 Å². The number of esters is 1. The monoisotopic (exact) mass is 423 g/mol. The van der Waals surface area contributed by atoms with E-state index in [1.54, 1.807) is 11.8 Å². The van der Waals surface area contributed by atoms with Crippen LogP contribution < -0.4 is 5.32 Å². The number of ether oxygens (including phenoxy) is 1. The second-order valence-electron chi connectivity index (χ2n) is 6.95. The molecule has 7 heteroatoms. The van der Waals surface area contributed by atoms with Gasteiger partial charge in [0.15, 0.2) is 0 Å². The number of urea groups is 1. The number of hydrogen-bond acceptors (Lipinski definition) is 3. The summed E-state index contributed by atoms with van der Waals surface area (Å²) >= 11 is 6.55. The molecule has 1 aromatic heterocycles. The van der Waals surface area contributed by atoms with Crippen LogP contribution in [0.4, 0.5) is 4.79 Å². The van der Waals surface area contributed by atoms with E-state index >= 15 is 0 Å². The summed E-state index contributed by atoms with van der Waals surface area (Å²) in [6.07, 6.45) is 1.98. The second-order valence-corrected chi connectivity index (χ2v) is 7.35. The fourth-order valence-electron chi connectivity index (χ4n) is 3.82. The molecule has 4 rings (SSSR count). The molecule has 0 saturated heterocycles. The lowest BCUT2D eigenvalue weighted by Gasteiger charge is -2.31. The van der Waals surface area contributed by atoms with Crippen molar-refractivity contribution in [3.8, 4) is 5.69 Å². The summed E-state index contributed by atoms with van der Waals surface area (Å²) in [5.41, 5.74) is 3.74. The number of rotatable bonds is 4. The highest BCUT2D eigenvalue weighted by Crippen LogP contribution is 2.38. The molecule has 2 heterocycles. The lowest BCUT2D eigenvalue weighted by Crippen LogP contribution is -2.44. The number of carbonyl (C=O) groups is 2. The minimum atomic E-state index is -0.473. The Kier molecular flexibility index (Phi) is 5.77. The maximum absolute atomic E-state index is 13.3. The first-order chi connectivity index (χ1) is 14.6. The van der Waals surface area contributed by atoms with E-state index in [0.717, 1.165) is 22.5 Å². The highest BCUT2D eigenvalue weighted by molar-refractivity contribution is 6.31. The van der Waals surface area contributed by atoms with Crippen LogP contribution in [0.2, 0.25) is 5.02 Å². The van der Waals surface area contributed by atoms with Crippen molar-refractivity contribution in [1.29, 1.82) is 0 Å². The summed E-state index contributed by atoms with van der Waals surface area (Å²) < 4.78 is 7.02. The topological polar surface area (TPSA) is 63.6 Å². The summed E-state index contributed by atoms with van der Waals surface area (Å²) in [5, 5.41) is 3.27. The number of amides is 2. The van der Waals surface area contributed by atoms with Gasteiger partial charge in [-0.25, -0.2) is 4.79 Å². The van der Waals surface area contributed by atoms with Crippen LogP contribution in [0.3, 0.4) is 0 Å². The summed E-state index contributed by atoms with van der Waals surface area (Å²) in [6.45, 7) is 2.16. The molecular weight excluding hydrogens is 402 g/mol. The van der Waals surface area contributed by atoms with Crippen LogP contribution in [0.1, 0.15) is 29.8 Å². The number of fused-ring (bicyclic) bond motifs is 3. The maximum atomic E-state index is 13.3. The molecule has 0 radical (unpaired) electrons. The molecule has 0 saturated carbocycles. The Balaban J connectivity index is 1.79. The third kappa shape index (κ3) is 3.78. The summed E-state index contributed by atoms with van der Waals surface area (Å²) in [5.74, 6) is -0.473. The van der Waals surface area contributed by atoms with E-state index in [-0.39, 0.29) is 19.2 Å². The third-order valence-electron chi connectivity index (χ3n) is 5.11. The number of nitrogens with one attached hydrogen (secondary N) is 1. The van der Waals surface area contributed by atoms with Gasteiger partial charge in [0.1, 0.15) is 12.6 Å². The number of nitrogens with zero attached hydrogens (tertiary/aromatic N) is 2. The van der Waals surface area contributed by atoms with Gasteiger partial charge in [-0.15, -0.1) is 0 Å². The summed E-state index contributed by atoms with van der Waals surface area (Å²) in [6, 6.07) is 18.6. The van der Waals surface area contributed by atoms with Crippen LogP contribution >= 0.6 is 11.6 Å². The molecule has 0 bridgehead atoms. The minimum absolute atomic E-state index is 0.193. The van der Waals surface area contributed by atoms with E-state index in [4.69, 9.17) is 16.3 Å². The number of benzene rings is 2. The Labute approximate surface area is 180 Å². The van der Waals surface area contributed by atoms with Gasteiger partial charge >= 0.3 is 12.0 Å². The lowest BCUT2D eigenvalue weighted by molar-refractivity contribution is -0.141. The number of hydrogen-bond donors (Lipinski definition) is 1. The van der Waals surface area contributed by atoms with E-state index < -0.39 is 12.0 Å². The van der Waals surface area contributed by atoms with Crippen molar-refractivity contribution in [3.05, 3.63) is 88.7 Å². The van der Waals surface area contributed by atoms with Crippen molar-refractivity contribution in [1.82, 2.24) is 14.8 Å². The van der Waals surface area contributed by atoms with Crippen molar-refractivity contribution in [2.24, 2.45) is 0 Å². The molecule has 0 fully saturated rings. The predicted octanol–water partition coefficient (Wildman–Crippen LogP) is 4.31. The fraction of sp³-hybridized carbons (Fsp3) is 0.217. The number of carbonyl (C=O) groups excluding carboxylic acids is 2. The first kappa shape index (κ1) is 20.0. The number of para-hydroxylation sites is 1. The Morgan fingerprint density at radius 2 is 1.87 bits per heavy atom. The molecule has 3 aromatic rings. The molecule has 6 nitrogen and oxygen atoms in total. The number of halogens is 1.